The van der Waals surface area contributed by atoms with E-state index in [9.17, 15) is 4.79 Å². The zero-order valence-electron chi connectivity index (χ0n) is 10.2. The molecular formula is C11H23N3O2. The van der Waals surface area contributed by atoms with Crippen molar-refractivity contribution in [2.24, 2.45) is 5.73 Å². The van der Waals surface area contributed by atoms with E-state index >= 15 is 0 Å². The SMILES string of the molecule is CC(C)NC(=O)CCN1CCOC(CN)C1. The summed E-state index contributed by atoms with van der Waals surface area (Å²) >= 11 is 0. The Morgan fingerprint density at radius 3 is 3.00 bits per heavy atom. The van der Waals surface area contributed by atoms with Gasteiger partial charge in [-0.15, -0.1) is 0 Å². The molecule has 94 valence electrons. The van der Waals surface area contributed by atoms with E-state index in [2.05, 4.69) is 10.2 Å². The van der Waals surface area contributed by atoms with Gasteiger partial charge in [-0.05, 0) is 13.8 Å². The molecule has 1 rings (SSSR count). The summed E-state index contributed by atoms with van der Waals surface area (Å²) in [6.07, 6.45) is 0.678. The zero-order valence-corrected chi connectivity index (χ0v) is 10.2. The second kappa shape index (κ2) is 6.83. The number of carbonyl (C=O) groups excluding carboxylic acids is 1. The Balaban J connectivity index is 2.19. The average molecular weight is 229 g/mol. The number of nitrogens with zero attached hydrogens (tertiary/aromatic N) is 1. The Morgan fingerprint density at radius 2 is 2.38 bits per heavy atom. The predicted molar refractivity (Wildman–Crippen MR) is 63.1 cm³/mol. The number of amides is 1. The minimum Gasteiger partial charge on any atom is -0.374 e. The normalized spacial score (nSPS) is 22.4. The highest BCUT2D eigenvalue weighted by Gasteiger charge is 2.19. The van der Waals surface area contributed by atoms with Gasteiger partial charge < -0.3 is 15.8 Å². The van der Waals surface area contributed by atoms with E-state index < -0.39 is 0 Å². The highest BCUT2D eigenvalue weighted by atomic mass is 16.5. The van der Waals surface area contributed by atoms with Crippen LogP contribution in [0.15, 0.2) is 0 Å². The second-order valence-corrected chi connectivity index (χ2v) is 4.50. The molecule has 1 saturated heterocycles. The lowest BCUT2D eigenvalue weighted by atomic mass is 10.2. The van der Waals surface area contributed by atoms with Crippen molar-refractivity contribution in [1.82, 2.24) is 10.2 Å². The highest BCUT2D eigenvalue weighted by molar-refractivity contribution is 5.76. The number of rotatable bonds is 5. The minimum absolute atomic E-state index is 0.116. The van der Waals surface area contributed by atoms with Crippen LogP contribution in [0.5, 0.6) is 0 Å². The van der Waals surface area contributed by atoms with E-state index in [0.29, 0.717) is 19.6 Å². The molecule has 1 atom stereocenters. The van der Waals surface area contributed by atoms with E-state index in [0.717, 1.165) is 19.6 Å². The molecule has 0 aliphatic carbocycles. The second-order valence-electron chi connectivity index (χ2n) is 4.50. The monoisotopic (exact) mass is 229 g/mol. The third kappa shape index (κ3) is 4.92. The van der Waals surface area contributed by atoms with E-state index in [1.54, 1.807) is 0 Å². The van der Waals surface area contributed by atoms with Crippen molar-refractivity contribution < 1.29 is 9.53 Å². The first-order chi connectivity index (χ1) is 7.61. The quantitative estimate of drug-likeness (QED) is 0.671. The zero-order chi connectivity index (χ0) is 12.0. The summed E-state index contributed by atoms with van der Waals surface area (Å²) in [6, 6.07) is 0.217. The number of nitrogens with two attached hydrogens (primary N) is 1. The van der Waals surface area contributed by atoms with Gasteiger partial charge in [-0.25, -0.2) is 0 Å². The summed E-state index contributed by atoms with van der Waals surface area (Å²) in [6.45, 7) is 7.73. The number of hydrogen-bond donors (Lipinski definition) is 2. The smallest absolute Gasteiger partial charge is 0.221 e. The van der Waals surface area contributed by atoms with Crippen LogP contribution < -0.4 is 11.1 Å². The van der Waals surface area contributed by atoms with Crippen molar-refractivity contribution in [2.75, 3.05) is 32.8 Å². The van der Waals surface area contributed by atoms with Gasteiger partial charge in [-0.2, -0.15) is 0 Å². The molecule has 0 aromatic rings. The Morgan fingerprint density at radius 1 is 1.62 bits per heavy atom. The first-order valence-electron chi connectivity index (χ1n) is 5.95. The molecule has 0 bridgehead atoms. The third-order valence-electron chi connectivity index (χ3n) is 2.59. The summed E-state index contributed by atoms with van der Waals surface area (Å²) < 4.78 is 5.46. The Bertz CT molecular complexity index is 221. The van der Waals surface area contributed by atoms with Crippen molar-refractivity contribution in [3.8, 4) is 0 Å². The van der Waals surface area contributed by atoms with Crippen LogP contribution in [0.3, 0.4) is 0 Å². The molecule has 0 saturated carbocycles. The summed E-state index contributed by atoms with van der Waals surface area (Å²) in [5.41, 5.74) is 5.56. The fourth-order valence-electron chi connectivity index (χ4n) is 1.78. The largest absolute Gasteiger partial charge is 0.374 e. The molecule has 1 amide bonds. The highest BCUT2D eigenvalue weighted by Crippen LogP contribution is 2.04. The Kier molecular flexibility index (Phi) is 5.73. The lowest BCUT2D eigenvalue weighted by Gasteiger charge is -2.32. The molecule has 1 heterocycles. The van der Waals surface area contributed by atoms with Gasteiger partial charge in [0.05, 0.1) is 12.7 Å². The van der Waals surface area contributed by atoms with Gasteiger partial charge in [0, 0.05) is 38.6 Å². The molecule has 1 fully saturated rings. The molecule has 1 unspecified atom stereocenters. The van der Waals surface area contributed by atoms with E-state index in [1.807, 2.05) is 13.8 Å². The number of ether oxygens (including phenoxy) is 1. The minimum atomic E-state index is 0.116. The number of morpholine rings is 1. The molecule has 5 nitrogen and oxygen atoms in total. The molecule has 16 heavy (non-hydrogen) atoms. The molecule has 5 heteroatoms. The topological polar surface area (TPSA) is 67.6 Å². The standard InChI is InChI=1S/C11H23N3O2/c1-9(2)13-11(15)3-4-14-5-6-16-10(7-12)8-14/h9-10H,3-8,12H2,1-2H3,(H,13,15). The molecule has 3 N–H and O–H groups in total. The molecule has 0 aromatic carbocycles. The van der Waals surface area contributed by atoms with Crippen molar-refractivity contribution in [1.29, 1.82) is 0 Å². The Labute approximate surface area is 97.3 Å². The fraction of sp³-hybridized carbons (Fsp3) is 0.909. The van der Waals surface area contributed by atoms with Crippen LogP contribution in [-0.4, -0.2) is 55.7 Å². The average Bonchev–Trinajstić information content (AvgIpc) is 2.26. The molecule has 0 aromatic heterocycles. The number of nitrogens with one attached hydrogen (secondary N) is 1. The van der Waals surface area contributed by atoms with Crippen LogP contribution in [0.1, 0.15) is 20.3 Å². The maximum Gasteiger partial charge on any atom is 0.221 e. The van der Waals surface area contributed by atoms with Crippen molar-refractivity contribution in [3.05, 3.63) is 0 Å². The van der Waals surface area contributed by atoms with Crippen LogP contribution in [0.25, 0.3) is 0 Å². The van der Waals surface area contributed by atoms with Crippen molar-refractivity contribution in [2.45, 2.75) is 32.4 Å². The van der Waals surface area contributed by atoms with Crippen LogP contribution in [0.4, 0.5) is 0 Å². The first-order valence-corrected chi connectivity index (χ1v) is 5.95. The van der Waals surface area contributed by atoms with E-state index in [-0.39, 0.29) is 18.1 Å². The maximum absolute atomic E-state index is 11.5. The van der Waals surface area contributed by atoms with Gasteiger partial charge >= 0.3 is 0 Å². The van der Waals surface area contributed by atoms with Crippen LogP contribution >= 0.6 is 0 Å². The van der Waals surface area contributed by atoms with Gasteiger partial charge in [-0.1, -0.05) is 0 Å². The predicted octanol–water partition coefficient (Wildman–Crippen LogP) is -0.439. The van der Waals surface area contributed by atoms with Crippen LogP contribution in [0, 0.1) is 0 Å². The van der Waals surface area contributed by atoms with E-state index in [1.165, 1.54) is 0 Å². The van der Waals surface area contributed by atoms with Gasteiger partial charge in [0.1, 0.15) is 0 Å². The molecule has 0 spiro atoms. The lowest BCUT2D eigenvalue weighted by Crippen LogP contribution is -2.46. The third-order valence-corrected chi connectivity index (χ3v) is 2.59. The maximum atomic E-state index is 11.5. The lowest BCUT2D eigenvalue weighted by molar-refractivity contribution is -0.122. The first kappa shape index (κ1) is 13.4. The number of hydrogen-bond acceptors (Lipinski definition) is 4. The van der Waals surface area contributed by atoms with Crippen molar-refractivity contribution in [3.63, 3.8) is 0 Å². The molecule has 1 aliphatic rings. The van der Waals surface area contributed by atoms with Gasteiger partial charge in [-0.3, -0.25) is 9.69 Å². The summed E-state index contributed by atoms with van der Waals surface area (Å²) in [4.78, 5) is 13.7. The summed E-state index contributed by atoms with van der Waals surface area (Å²) in [5.74, 6) is 0.116. The molecular weight excluding hydrogens is 206 g/mol. The Hall–Kier alpha value is -0.650. The van der Waals surface area contributed by atoms with Gasteiger partial charge in [0.2, 0.25) is 5.91 Å². The van der Waals surface area contributed by atoms with Crippen LogP contribution in [0.2, 0.25) is 0 Å². The molecule has 1 aliphatic heterocycles. The summed E-state index contributed by atoms with van der Waals surface area (Å²) in [5, 5.41) is 2.89. The van der Waals surface area contributed by atoms with Gasteiger partial charge in [0.15, 0.2) is 0 Å². The number of carbonyl (C=O) groups is 1. The van der Waals surface area contributed by atoms with Crippen molar-refractivity contribution >= 4 is 5.91 Å². The van der Waals surface area contributed by atoms with Gasteiger partial charge in [0.25, 0.3) is 0 Å². The molecule has 0 radical (unpaired) electrons. The summed E-state index contributed by atoms with van der Waals surface area (Å²) in [7, 11) is 0. The van der Waals surface area contributed by atoms with E-state index in [4.69, 9.17) is 10.5 Å². The van der Waals surface area contributed by atoms with Crippen LogP contribution in [-0.2, 0) is 9.53 Å². The fourth-order valence-corrected chi connectivity index (χ4v) is 1.78.